The zero-order valence-corrected chi connectivity index (χ0v) is 11.4. The van der Waals surface area contributed by atoms with Crippen LogP contribution in [0.5, 0.6) is 5.75 Å². The lowest BCUT2D eigenvalue weighted by molar-refractivity contribution is 0.0693. The third-order valence-corrected chi connectivity index (χ3v) is 3.02. The number of halogens is 1. The Labute approximate surface area is 125 Å². The van der Waals surface area contributed by atoms with Crippen LogP contribution in [-0.2, 0) is 0 Å². The average Bonchev–Trinajstić information content (AvgIpc) is 2.46. The molecule has 6 heteroatoms. The van der Waals surface area contributed by atoms with E-state index in [0.29, 0.717) is 5.56 Å². The van der Waals surface area contributed by atoms with Gasteiger partial charge in [-0.25, -0.2) is 9.18 Å². The monoisotopic (exact) mass is 300 g/mol. The van der Waals surface area contributed by atoms with Gasteiger partial charge in [0.2, 0.25) is 0 Å². The molecule has 2 aromatic rings. The Balaban J connectivity index is 2.35. The number of hydrogen-bond acceptors (Lipinski definition) is 4. The number of benzene rings is 2. The molecule has 112 valence electrons. The normalized spacial score (nSPS) is 10.8. The molecular weight excluding hydrogens is 287 g/mol. The second kappa shape index (κ2) is 6.09. The first kappa shape index (κ1) is 15.2. The predicted octanol–water partition coefficient (Wildman–Crippen LogP) is 2.89. The summed E-state index contributed by atoms with van der Waals surface area (Å²) in [5.74, 6) is -2.24. The van der Waals surface area contributed by atoms with Crippen molar-refractivity contribution in [1.29, 1.82) is 5.41 Å². The van der Waals surface area contributed by atoms with Gasteiger partial charge in [-0.1, -0.05) is 18.2 Å². The summed E-state index contributed by atoms with van der Waals surface area (Å²) in [5, 5.41) is 26.9. The molecule has 0 spiro atoms. The highest BCUT2D eigenvalue weighted by atomic mass is 19.1. The van der Waals surface area contributed by atoms with Crippen molar-refractivity contribution in [2.24, 2.45) is 0 Å². The van der Waals surface area contributed by atoms with E-state index in [2.05, 4.69) is 0 Å². The maximum Gasteiger partial charge on any atom is 0.339 e. The standard InChI is InChI=1S/C16H13FN2O3/c17-10-4-1-9(2-5-10)3-7-12(18)14-13(19)8-6-11(15(14)20)16(21)22/h1-8,18,20H,19H2,(H,21,22)/b7-3+,18-12?. The Morgan fingerprint density at radius 1 is 1.18 bits per heavy atom. The first-order valence-corrected chi connectivity index (χ1v) is 6.27. The number of nitrogen functional groups attached to an aromatic ring is 1. The molecule has 0 heterocycles. The number of phenols is 1. The summed E-state index contributed by atoms with van der Waals surface area (Å²) in [5.41, 5.74) is 5.91. The molecule has 0 radical (unpaired) electrons. The van der Waals surface area contributed by atoms with Crippen molar-refractivity contribution in [2.75, 3.05) is 5.73 Å². The van der Waals surface area contributed by atoms with Crippen molar-refractivity contribution in [2.45, 2.75) is 0 Å². The lowest BCUT2D eigenvalue weighted by Crippen LogP contribution is -2.06. The van der Waals surface area contributed by atoms with Crippen LogP contribution in [0.15, 0.2) is 42.5 Å². The highest BCUT2D eigenvalue weighted by Gasteiger charge is 2.17. The van der Waals surface area contributed by atoms with Gasteiger partial charge in [0.25, 0.3) is 0 Å². The van der Waals surface area contributed by atoms with E-state index in [1.165, 1.54) is 48.6 Å². The molecule has 0 aliphatic rings. The molecule has 0 aliphatic carbocycles. The highest BCUT2D eigenvalue weighted by molar-refractivity contribution is 6.15. The van der Waals surface area contributed by atoms with Gasteiger partial charge < -0.3 is 21.4 Å². The lowest BCUT2D eigenvalue weighted by Gasteiger charge is -2.09. The van der Waals surface area contributed by atoms with E-state index in [0.717, 1.165) is 0 Å². The van der Waals surface area contributed by atoms with Gasteiger partial charge in [0, 0.05) is 5.69 Å². The van der Waals surface area contributed by atoms with Gasteiger partial charge in [0.05, 0.1) is 11.3 Å². The molecule has 0 saturated heterocycles. The van der Waals surface area contributed by atoms with Gasteiger partial charge in [-0.05, 0) is 35.9 Å². The first-order chi connectivity index (χ1) is 10.4. The van der Waals surface area contributed by atoms with Crippen molar-refractivity contribution in [1.82, 2.24) is 0 Å². The molecule has 0 atom stereocenters. The van der Waals surface area contributed by atoms with Crippen LogP contribution in [0.4, 0.5) is 10.1 Å². The number of nitrogens with two attached hydrogens (primary N) is 1. The minimum absolute atomic E-state index is 0.0572. The number of anilines is 1. The fourth-order valence-electron chi connectivity index (χ4n) is 1.90. The fraction of sp³-hybridized carbons (Fsp3) is 0. The molecule has 0 saturated carbocycles. The predicted molar refractivity (Wildman–Crippen MR) is 81.7 cm³/mol. The Bertz CT molecular complexity index is 768. The van der Waals surface area contributed by atoms with Gasteiger partial charge >= 0.3 is 5.97 Å². The number of carbonyl (C=O) groups is 1. The van der Waals surface area contributed by atoms with E-state index in [4.69, 9.17) is 16.2 Å². The summed E-state index contributed by atoms with van der Waals surface area (Å²) < 4.78 is 12.8. The Morgan fingerprint density at radius 3 is 2.41 bits per heavy atom. The SMILES string of the molecule is N=C(/C=C/c1ccc(F)cc1)c1c(N)ccc(C(=O)O)c1O. The number of nitrogens with one attached hydrogen (secondary N) is 1. The zero-order valence-electron chi connectivity index (χ0n) is 11.4. The van der Waals surface area contributed by atoms with Crippen LogP contribution in [0.3, 0.4) is 0 Å². The summed E-state index contributed by atoms with van der Waals surface area (Å²) >= 11 is 0. The largest absolute Gasteiger partial charge is 0.506 e. The second-order valence-corrected chi connectivity index (χ2v) is 4.53. The van der Waals surface area contributed by atoms with Crippen LogP contribution in [0.25, 0.3) is 6.08 Å². The van der Waals surface area contributed by atoms with E-state index >= 15 is 0 Å². The van der Waals surface area contributed by atoms with E-state index in [1.807, 2.05) is 0 Å². The zero-order chi connectivity index (χ0) is 16.3. The van der Waals surface area contributed by atoms with Gasteiger partial charge in [-0.2, -0.15) is 0 Å². The Hall–Kier alpha value is -3.15. The molecule has 2 rings (SSSR count). The Morgan fingerprint density at radius 2 is 1.82 bits per heavy atom. The maximum absolute atomic E-state index is 12.8. The third kappa shape index (κ3) is 3.12. The molecule has 0 fully saturated rings. The summed E-state index contributed by atoms with van der Waals surface area (Å²) in [7, 11) is 0. The van der Waals surface area contributed by atoms with E-state index < -0.39 is 11.7 Å². The molecule has 0 aromatic heterocycles. The number of allylic oxidation sites excluding steroid dienone is 1. The van der Waals surface area contributed by atoms with Crippen LogP contribution in [-0.4, -0.2) is 21.9 Å². The minimum Gasteiger partial charge on any atom is -0.506 e. The summed E-state index contributed by atoms with van der Waals surface area (Å²) in [6, 6.07) is 8.10. The number of carboxylic acid groups (broad SMARTS) is 1. The topological polar surface area (TPSA) is 107 Å². The van der Waals surface area contributed by atoms with E-state index in [9.17, 15) is 14.3 Å². The molecule has 22 heavy (non-hydrogen) atoms. The molecule has 0 amide bonds. The van der Waals surface area contributed by atoms with Gasteiger partial charge in [0.1, 0.15) is 17.1 Å². The number of hydrogen-bond donors (Lipinski definition) is 4. The van der Waals surface area contributed by atoms with Crippen LogP contribution in [0.2, 0.25) is 0 Å². The first-order valence-electron chi connectivity index (χ1n) is 6.27. The molecule has 0 bridgehead atoms. The molecule has 5 N–H and O–H groups in total. The molecular formula is C16H13FN2O3. The van der Waals surface area contributed by atoms with E-state index in [-0.39, 0.29) is 28.3 Å². The van der Waals surface area contributed by atoms with Crippen LogP contribution in [0.1, 0.15) is 21.5 Å². The summed E-state index contributed by atoms with van der Waals surface area (Å²) in [6.07, 6.45) is 2.89. The Kier molecular flexibility index (Phi) is 4.22. The average molecular weight is 300 g/mol. The van der Waals surface area contributed by atoms with Crippen molar-refractivity contribution in [3.63, 3.8) is 0 Å². The second-order valence-electron chi connectivity index (χ2n) is 4.53. The minimum atomic E-state index is -1.31. The lowest BCUT2D eigenvalue weighted by atomic mass is 10.0. The maximum atomic E-state index is 12.8. The third-order valence-electron chi connectivity index (χ3n) is 3.02. The highest BCUT2D eigenvalue weighted by Crippen LogP contribution is 2.28. The molecule has 0 unspecified atom stereocenters. The number of rotatable bonds is 4. The molecule has 2 aromatic carbocycles. The fourth-order valence-corrected chi connectivity index (χ4v) is 1.90. The number of aromatic carboxylic acids is 1. The van der Waals surface area contributed by atoms with Gasteiger partial charge in [-0.3, -0.25) is 0 Å². The van der Waals surface area contributed by atoms with Crippen LogP contribution < -0.4 is 5.73 Å². The van der Waals surface area contributed by atoms with Gasteiger partial charge in [-0.15, -0.1) is 0 Å². The molecule has 5 nitrogen and oxygen atoms in total. The number of carboxylic acids is 1. The smallest absolute Gasteiger partial charge is 0.339 e. The summed E-state index contributed by atoms with van der Waals surface area (Å²) in [6.45, 7) is 0. The van der Waals surface area contributed by atoms with Crippen molar-refractivity contribution >= 4 is 23.4 Å². The van der Waals surface area contributed by atoms with Gasteiger partial charge in [0.15, 0.2) is 0 Å². The number of aromatic hydroxyl groups is 1. The quantitative estimate of drug-likeness (QED) is 0.514. The van der Waals surface area contributed by atoms with Crippen LogP contribution in [0, 0.1) is 11.2 Å². The summed E-state index contributed by atoms with van der Waals surface area (Å²) in [4.78, 5) is 11.0. The van der Waals surface area contributed by atoms with E-state index in [1.54, 1.807) is 0 Å². The van der Waals surface area contributed by atoms with Crippen molar-refractivity contribution < 1.29 is 19.4 Å². The van der Waals surface area contributed by atoms with Crippen molar-refractivity contribution in [3.8, 4) is 5.75 Å². The molecule has 0 aliphatic heterocycles. The van der Waals surface area contributed by atoms with Crippen LogP contribution >= 0.6 is 0 Å². The van der Waals surface area contributed by atoms with Crippen molar-refractivity contribution in [3.05, 3.63) is 65.0 Å².